The van der Waals surface area contributed by atoms with Gasteiger partial charge in [0, 0.05) is 25.3 Å². The van der Waals surface area contributed by atoms with Crippen molar-refractivity contribution in [2.75, 3.05) is 24.2 Å². The summed E-state index contributed by atoms with van der Waals surface area (Å²) in [5.41, 5.74) is 1.75. The monoisotopic (exact) mass is 312 g/mol. The van der Waals surface area contributed by atoms with E-state index in [-0.39, 0.29) is 12.0 Å². The Morgan fingerprint density at radius 3 is 2.57 bits per heavy atom. The summed E-state index contributed by atoms with van der Waals surface area (Å²) in [6.45, 7) is 9.53. The lowest BCUT2D eigenvalue weighted by atomic mass is 9.92. The first-order chi connectivity index (χ1) is 9.67. The normalized spacial score (nSPS) is 23.0. The quantitative estimate of drug-likeness (QED) is 0.901. The molecule has 0 aromatic carbocycles. The van der Waals surface area contributed by atoms with Crippen molar-refractivity contribution in [3.63, 3.8) is 0 Å². The van der Waals surface area contributed by atoms with Gasteiger partial charge in [0.15, 0.2) is 0 Å². The molecule has 0 saturated carbocycles. The number of nitrogens with zero attached hydrogens (tertiary/aromatic N) is 3. The van der Waals surface area contributed by atoms with Gasteiger partial charge in [-0.2, -0.15) is 0 Å². The largest absolute Gasteiger partial charge is 0.353 e. The van der Waals surface area contributed by atoms with Crippen LogP contribution in [0.25, 0.3) is 0 Å². The number of hydrogen-bond acceptors (Lipinski definition) is 5. The molecule has 1 aromatic rings. The molecule has 0 bridgehead atoms. The number of aryl methyl sites for hydroxylation is 2. The molecule has 2 unspecified atom stereocenters. The number of sulfonamides is 1. The molecule has 0 aliphatic carbocycles. The van der Waals surface area contributed by atoms with Crippen LogP contribution in [0.4, 0.5) is 5.82 Å². The fraction of sp³-hybridized carbons (Fsp3) is 0.714. The molecule has 2 atom stereocenters. The summed E-state index contributed by atoms with van der Waals surface area (Å²) in [5.74, 6) is 1.52. The first-order valence-corrected chi connectivity index (χ1v) is 9.09. The second kappa shape index (κ2) is 5.88. The van der Waals surface area contributed by atoms with Crippen molar-refractivity contribution >= 4 is 15.8 Å². The third-order valence-electron chi connectivity index (χ3n) is 3.94. The van der Waals surface area contributed by atoms with Gasteiger partial charge in [-0.15, -0.1) is 0 Å². The van der Waals surface area contributed by atoms with Gasteiger partial charge in [-0.3, -0.25) is 4.98 Å². The lowest BCUT2D eigenvalue weighted by Gasteiger charge is -2.21. The van der Waals surface area contributed by atoms with E-state index in [0.29, 0.717) is 12.5 Å². The van der Waals surface area contributed by atoms with Gasteiger partial charge in [-0.05, 0) is 25.7 Å². The smallest absolute Gasteiger partial charge is 0.209 e. The van der Waals surface area contributed by atoms with Crippen LogP contribution in [0.2, 0.25) is 0 Å². The molecule has 1 aromatic heterocycles. The summed E-state index contributed by atoms with van der Waals surface area (Å²) in [6, 6.07) is -0.0817. The number of hydrogen-bond donors (Lipinski definition) is 1. The van der Waals surface area contributed by atoms with E-state index in [0.717, 1.165) is 23.8 Å². The number of nitrogens with one attached hydrogen (secondary N) is 1. The van der Waals surface area contributed by atoms with Crippen LogP contribution < -0.4 is 9.62 Å². The summed E-state index contributed by atoms with van der Waals surface area (Å²) >= 11 is 0. The van der Waals surface area contributed by atoms with Crippen molar-refractivity contribution in [2.45, 2.75) is 33.7 Å². The molecule has 7 heteroatoms. The Labute approximate surface area is 127 Å². The van der Waals surface area contributed by atoms with E-state index >= 15 is 0 Å². The third kappa shape index (κ3) is 3.91. The first-order valence-electron chi connectivity index (χ1n) is 7.20. The van der Waals surface area contributed by atoms with Crippen LogP contribution in [0, 0.1) is 25.7 Å². The van der Waals surface area contributed by atoms with Crippen LogP contribution in [-0.4, -0.2) is 43.8 Å². The molecule has 2 rings (SSSR count). The average molecular weight is 312 g/mol. The molecule has 0 amide bonds. The van der Waals surface area contributed by atoms with Crippen molar-refractivity contribution < 1.29 is 8.42 Å². The zero-order valence-corrected chi connectivity index (χ0v) is 14.1. The van der Waals surface area contributed by atoms with Crippen LogP contribution in [-0.2, 0) is 10.0 Å². The van der Waals surface area contributed by atoms with E-state index in [1.807, 2.05) is 13.8 Å². The standard InChI is InChI=1S/C14H24N4O2S/c1-9(2)12-7-18(8-13(12)17-21(5,19)20)14-11(4)15-6-10(3)16-14/h6,9,12-13,17H,7-8H2,1-5H3. The van der Waals surface area contributed by atoms with Crippen LogP contribution in [0.5, 0.6) is 0 Å². The molecule has 6 nitrogen and oxygen atoms in total. The van der Waals surface area contributed by atoms with E-state index < -0.39 is 10.0 Å². The van der Waals surface area contributed by atoms with Crippen LogP contribution >= 0.6 is 0 Å². The minimum absolute atomic E-state index is 0.0817. The molecule has 1 aliphatic heterocycles. The maximum absolute atomic E-state index is 11.6. The van der Waals surface area contributed by atoms with Gasteiger partial charge in [0.05, 0.1) is 17.6 Å². The van der Waals surface area contributed by atoms with Crippen molar-refractivity contribution in [3.8, 4) is 0 Å². The van der Waals surface area contributed by atoms with Crippen LogP contribution in [0.15, 0.2) is 6.20 Å². The predicted octanol–water partition coefficient (Wildman–Crippen LogP) is 1.10. The van der Waals surface area contributed by atoms with Gasteiger partial charge in [0.2, 0.25) is 10.0 Å². The SMILES string of the molecule is Cc1cnc(C)c(N2CC(NS(C)(=O)=O)C(C(C)C)C2)n1. The van der Waals surface area contributed by atoms with E-state index in [1.54, 1.807) is 6.20 Å². The maximum Gasteiger partial charge on any atom is 0.209 e. The lowest BCUT2D eigenvalue weighted by molar-refractivity contribution is 0.365. The Morgan fingerprint density at radius 2 is 2.00 bits per heavy atom. The van der Waals surface area contributed by atoms with Gasteiger partial charge >= 0.3 is 0 Å². The van der Waals surface area contributed by atoms with Gasteiger partial charge in [-0.25, -0.2) is 18.1 Å². The topological polar surface area (TPSA) is 75.2 Å². The van der Waals surface area contributed by atoms with Crippen LogP contribution in [0.3, 0.4) is 0 Å². The zero-order chi connectivity index (χ0) is 15.8. The summed E-state index contributed by atoms with van der Waals surface area (Å²) < 4.78 is 25.9. The van der Waals surface area contributed by atoms with Crippen molar-refractivity contribution in [1.29, 1.82) is 0 Å². The van der Waals surface area contributed by atoms with Gasteiger partial charge in [0.1, 0.15) is 5.82 Å². The molecule has 0 radical (unpaired) electrons. The highest BCUT2D eigenvalue weighted by Crippen LogP contribution is 2.29. The fourth-order valence-electron chi connectivity index (χ4n) is 2.90. The lowest BCUT2D eigenvalue weighted by Crippen LogP contribution is -2.41. The van der Waals surface area contributed by atoms with E-state index in [1.165, 1.54) is 6.26 Å². The molecule has 2 heterocycles. The second-order valence-electron chi connectivity index (χ2n) is 6.23. The third-order valence-corrected chi connectivity index (χ3v) is 4.67. The summed E-state index contributed by atoms with van der Waals surface area (Å²) in [4.78, 5) is 11.1. The Bertz CT molecular complexity index is 615. The Hall–Kier alpha value is -1.21. The number of aromatic nitrogens is 2. The molecule has 1 saturated heterocycles. The molecule has 118 valence electrons. The highest BCUT2D eigenvalue weighted by molar-refractivity contribution is 7.88. The van der Waals surface area contributed by atoms with E-state index in [2.05, 4.69) is 33.4 Å². The minimum atomic E-state index is -3.21. The summed E-state index contributed by atoms with van der Waals surface area (Å²) in [7, 11) is -3.21. The highest BCUT2D eigenvalue weighted by atomic mass is 32.2. The van der Waals surface area contributed by atoms with Gasteiger partial charge in [-0.1, -0.05) is 13.8 Å². The van der Waals surface area contributed by atoms with Crippen LogP contribution in [0.1, 0.15) is 25.2 Å². The molecular formula is C14H24N4O2S. The first kappa shape index (κ1) is 16.2. The molecule has 0 spiro atoms. The minimum Gasteiger partial charge on any atom is -0.353 e. The molecule has 21 heavy (non-hydrogen) atoms. The van der Waals surface area contributed by atoms with Gasteiger partial charge in [0.25, 0.3) is 0 Å². The fourth-order valence-corrected chi connectivity index (χ4v) is 3.70. The second-order valence-corrected chi connectivity index (χ2v) is 8.01. The molecule has 1 aliphatic rings. The van der Waals surface area contributed by atoms with E-state index in [4.69, 9.17) is 0 Å². The zero-order valence-electron chi connectivity index (χ0n) is 13.3. The Kier molecular flexibility index (Phi) is 4.53. The molecular weight excluding hydrogens is 288 g/mol. The number of rotatable bonds is 4. The maximum atomic E-state index is 11.6. The van der Waals surface area contributed by atoms with Crippen molar-refractivity contribution in [1.82, 2.24) is 14.7 Å². The van der Waals surface area contributed by atoms with Gasteiger partial charge < -0.3 is 4.90 Å². The van der Waals surface area contributed by atoms with Crippen molar-refractivity contribution in [2.24, 2.45) is 11.8 Å². The summed E-state index contributed by atoms with van der Waals surface area (Å²) in [5, 5.41) is 0. The Morgan fingerprint density at radius 1 is 1.33 bits per heavy atom. The van der Waals surface area contributed by atoms with E-state index in [9.17, 15) is 8.42 Å². The number of anilines is 1. The highest BCUT2D eigenvalue weighted by Gasteiger charge is 2.37. The predicted molar refractivity (Wildman–Crippen MR) is 83.8 cm³/mol. The molecule has 1 fully saturated rings. The average Bonchev–Trinajstić information content (AvgIpc) is 2.73. The Balaban J connectivity index is 2.26. The van der Waals surface area contributed by atoms with Crippen molar-refractivity contribution in [3.05, 3.63) is 17.6 Å². The molecule has 1 N–H and O–H groups in total. The summed E-state index contributed by atoms with van der Waals surface area (Å²) in [6.07, 6.45) is 2.96.